The Labute approximate surface area is 81.4 Å². The molecule has 5 nitrogen and oxygen atoms in total. The fourth-order valence-electron chi connectivity index (χ4n) is 0.940. The predicted molar refractivity (Wildman–Crippen MR) is 52.2 cm³/mol. The van der Waals surface area contributed by atoms with E-state index in [0.717, 1.165) is 0 Å². The average molecular weight is 193 g/mol. The third kappa shape index (κ3) is 2.07. The third-order valence-corrected chi connectivity index (χ3v) is 1.79. The summed E-state index contributed by atoms with van der Waals surface area (Å²) in [5.74, 6) is 0. The van der Waals surface area contributed by atoms with Crippen molar-refractivity contribution in [2.75, 3.05) is 0 Å². The summed E-state index contributed by atoms with van der Waals surface area (Å²) in [6, 6.07) is 5.17. The lowest BCUT2D eigenvalue weighted by atomic mass is 10.2. The van der Waals surface area contributed by atoms with Gasteiger partial charge in [-0.1, -0.05) is 16.4 Å². The summed E-state index contributed by atoms with van der Waals surface area (Å²) in [7, 11) is 0. The number of aromatic nitrogens is 1. The van der Waals surface area contributed by atoms with Gasteiger partial charge in [0.15, 0.2) is 0 Å². The van der Waals surface area contributed by atoms with Crippen molar-refractivity contribution in [3.8, 4) is 0 Å². The normalized spacial score (nSPS) is 13.0. The Hall–Kier alpha value is -1.91. The highest BCUT2D eigenvalue weighted by molar-refractivity contribution is 6.00. The highest BCUT2D eigenvalue weighted by atomic mass is 16.4. The number of nitrogens with zero attached hydrogens (tertiary/aromatic N) is 3. The molecule has 0 unspecified atom stereocenters. The zero-order valence-electron chi connectivity index (χ0n) is 7.97. The van der Waals surface area contributed by atoms with Crippen LogP contribution in [0.4, 0.5) is 0 Å². The monoisotopic (exact) mass is 193 g/mol. The number of rotatable bonds is 2. The van der Waals surface area contributed by atoms with Gasteiger partial charge in [-0.05, 0) is 26.0 Å². The van der Waals surface area contributed by atoms with Gasteiger partial charge in [0.25, 0.3) is 0 Å². The molecule has 0 aromatic carbocycles. The van der Waals surface area contributed by atoms with Crippen LogP contribution in [0.2, 0.25) is 0 Å². The van der Waals surface area contributed by atoms with Gasteiger partial charge >= 0.3 is 0 Å². The van der Waals surface area contributed by atoms with Crippen molar-refractivity contribution >= 4 is 11.4 Å². The lowest BCUT2D eigenvalue weighted by molar-refractivity contribution is 0.318. The maximum Gasteiger partial charge on any atom is 0.102 e. The lowest BCUT2D eigenvalue weighted by Crippen LogP contribution is -2.04. The molecule has 0 saturated heterocycles. The second-order valence-corrected chi connectivity index (χ2v) is 2.78. The fraction of sp³-hybridized carbons (Fsp3) is 0.222. The van der Waals surface area contributed by atoms with E-state index in [9.17, 15) is 0 Å². The van der Waals surface area contributed by atoms with Gasteiger partial charge < -0.3 is 10.4 Å². The summed E-state index contributed by atoms with van der Waals surface area (Å²) in [4.78, 5) is 4.13. The molecular weight excluding hydrogens is 182 g/mol. The lowest BCUT2D eigenvalue weighted by Gasteiger charge is -2.01. The SMILES string of the molecule is C/C(=N\O)c1cccc(/C(C)=N/O)n1. The first kappa shape index (κ1) is 10.2. The molecule has 1 rings (SSSR count). The topological polar surface area (TPSA) is 78.1 Å². The summed E-state index contributed by atoms with van der Waals surface area (Å²) >= 11 is 0. The molecule has 0 amide bonds. The van der Waals surface area contributed by atoms with E-state index in [1.54, 1.807) is 32.0 Å². The summed E-state index contributed by atoms with van der Waals surface area (Å²) < 4.78 is 0. The second kappa shape index (κ2) is 4.36. The van der Waals surface area contributed by atoms with Crippen molar-refractivity contribution in [1.29, 1.82) is 0 Å². The van der Waals surface area contributed by atoms with Crippen molar-refractivity contribution in [3.05, 3.63) is 29.6 Å². The molecule has 0 aliphatic carbocycles. The van der Waals surface area contributed by atoms with E-state index in [1.807, 2.05) is 0 Å². The Kier molecular flexibility index (Phi) is 3.17. The standard InChI is InChI=1S/C9H11N3O2/c1-6(11-13)8-4-3-5-9(10-8)7(2)12-14/h3-5,13-14H,1-2H3/b11-6+,12-7+. The van der Waals surface area contributed by atoms with Gasteiger partial charge in [-0.15, -0.1) is 0 Å². The van der Waals surface area contributed by atoms with Gasteiger partial charge in [0.05, 0.1) is 11.4 Å². The van der Waals surface area contributed by atoms with Gasteiger partial charge in [-0.25, -0.2) is 4.98 Å². The van der Waals surface area contributed by atoms with Gasteiger partial charge in [0.2, 0.25) is 0 Å². The number of pyridine rings is 1. The van der Waals surface area contributed by atoms with Crippen LogP contribution in [0.25, 0.3) is 0 Å². The van der Waals surface area contributed by atoms with Crippen LogP contribution >= 0.6 is 0 Å². The van der Waals surface area contributed by atoms with Crippen molar-refractivity contribution in [2.45, 2.75) is 13.8 Å². The summed E-state index contributed by atoms with van der Waals surface area (Å²) in [5, 5.41) is 23.2. The van der Waals surface area contributed by atoms with E-state index in [2.05, 4.69) is 15.3 Å². The minimum atomic E-state index is 0.414. The largest absolute Gasteiger partial charge is 0.411 e. The van der Waals surface area contributed by atoms with E-state index in [1.165, 1.54) is 0 Å². The van der Waals surface area contributed by atoms with E-state index in [-0.39, 0.29) is 0 Å². The Bertz CT molecular complexity index is 352. The van der Waals surface area contributed by atoms with Gasteiger partial charge in [-0.3, -0.25) is 0 Å². The molecule has 0 fully saturated rings. The third-order valence-electron chi connectivity index (χ3n) is 1.79. The Morgan fingerprint density at radius 1 is 1.07 bits per heavy atom. The maximum atomic E-state index is 8.54. The Morgan fingerprint density at radius 3 is 1.86 bits per heavy atom. The van der Waals surface area contributed by atoms with E-state index in [0.29, 0.717) is 22.8 Å². The van der Waals surface area contributed by atoms with E-state index >= 15 is 0 Å². The molecule has 74 valence electrons. The zero-order chi connectivity index (χ0) is 10.6. The number of oxime groups is 2. The first-order chi connectivity index (χ1) is 6.69. The average Bonchev–Trinajstić information content (AvgIpc) is 2.27. The molecule has 0 aliphatic heterocycles. The summed E-state index contributed by atoms with van der Waals surface area (Å²) in [5.41, 5.74) is 1.93. The highest BCUT2D eigenvalue weighted by Crippen LogP contribution is 2.02. The van der Waals surface area contributed by atoms with Crippen LogP contribution < -0.4 is 0 Å². The van der Waals surface area contributed by atoms with Crippen molar-refractivity contribution < 1.29 is 10.4 Å². The van der Waals surface area contributed by atoms with Crippen LogP contribution in [0.3, 0.4) is 0 Å². The quantitative estimate of drug-likeness (QED) is 0.424. The van der Waals surface area contributed by atoms with Crippen LogP contribution in [0.1, 0.15) is 25.2 Å². The molecule has 1 aromatic rings. The van der Waals surface area contributed by atoms with Crippen LogP contribution in [0.5, 0.6) is 0 Å². The molecule has 2 N–H and O–H groups in total. The highest BCUT2D eigenvalue weighted by Gasteiger charge is 2.03. The maximum absolute atomic E-state index is 8.54. The van der Waals surface area contributed by atoms with Crippen molar-refractivity contribution in [2.24, 2.45) is 10.3 Å². The molecular formula is C9H11N3O2. The van der Waals surface area contributed by atoms with Crippen molar-refractivity contribution in [1.82, 2.24) is 4.98 Å². The molecule has 0 spiro atoms. The molecule has 0 aliphatic rings. The predicted octanol–water partition coefficient (Wildman–Crippen LogP) is 1.48. The first-order valence-corrected chi connectivity index (χ1v) is 4.04. The van der Waals surface area contributed by atoms with Crippen LogP contribution in [-0.4, -0.2) is 26.8 Å². The first-order valence-electron chi connectivity index (χ1n) is 4.04. The fourth-order valence-corrected chi connectivity index (χ4v) is 0.940. The van der Waals surface area contributed by atoms with E-state index in [4.69, 9.17) is 10.4 Å². The van der Waals surface area contributed by atoms with Crippen molar-refractivity contribution in [3.63, 3.8) is 0 Å². The van der Waals surface area contributed by atoms with Crippen LogP contribution in [0.15, 0.2) is 28.5 Å². The zero-order valence-corrected chi connectivity index (χ0v) is 7.97. The van der Waals surface area contributed by atoms with E-state index < -0.39 is 0 Å². The molecule has 14 heavy (non-hydrogen) atoms. The van der Waals surface area contributed by atoms with Gasteiger partial charge in [0.1, 0.15) is 11.4 Å². The van der Waals surface area contributed by atoms with Crippen LogP contribution in [0, 0.1) is 0 Å². The minimum absolute atomic E-state index is 0.414. The second-order valence-electron chi connectivity index (χ2n) is 2.78. The molecule has 5 heteroatoms. The molecule has 1 heterocycles. The molecule has 0 radical (unpaired) electrons. The van der Waals surface area contributed by atoms with Gasteiger partial charge in [0, 0.05) is 0 Å². The molecule has 0 atom stereocenters. The van der Waals surface area contributed by atoms with Crippen LogP contribution in [-0.2, 0) is 0 Å². The smallest absolute Gasteiger partial charge is 0.102 e. The summed E-state index contributed by atoms with van der Waals surface area (Å²) in [6.45, 7) is 3.27. The Morgan fingerprint density at radius 2 is 1.50 bits per heavy atom. The van der Waals surface area contributed by atoms with Gasteiger partial charge in [-0.2, -0.15) is 0 Å². The minimum Gasteiger partial charge on any atom is -0.411 e. The molecule has 0 saturated carbocycles. The number of hydrogen-bond donors (Lipinski definition) is 2. The molecule has 0 bridgehead atoms. The molecule has 1 aromatic heterocycles. The Balaban J connectivity index is 3.14. The summed E-state index contributed by atoms with van der Waals surface area (Å²) in [6.07, 6.45) is 0. The number of hydrogen-bond acceptors (Lipinski definition) is 5.